The van der Waals surface area contributed by atoms with Crippen LogP contribution in [0.4, 0.5) is 8.78 Å². The van der Waals surface area contributed by atoms with Gasteiger partial charge in [0.15, 0.2) is 0 Å². The number of piperazine rings is 1. The molecular formula is C21H28F2N2O2. The average molecular weight is 378 g/mol. The molecule has 148 valence electrons. The Labute approximate surface area is 159 Å². The van der Waals surface area contributed by atoms with Gasteiger partial charge in [-0.3, -0.25) is 9.59 Å². The van der Waals surface area contributed by atoms with Crippen LogP contribution in [-0.4, -0.2) is 35.3 Å². The van der Waals surface area contributed by atoms with Crippen molar-refractivity contribution in [2.45, 2.75) is 52.6 Å². The van der Waals surface area contributed by atoms with Crippen LogP contribution in [0.15, 0.2) is 24.3 Å². The highest BCUT2D eigenvalue weighted by Crippen LogP contribution is 2.20. The molecule has 2 rings (SSSR count). The van der Waals surface area contributed by atoms with Crippen LogP contribution in [0.5, 0.6) is 0 Å². The lowest BCUT2D eigenvalue weighted by atomic mass is 9.95. The van der Waals surface area contributed by atoms with E-state index in [0.717, 1.165) is 18.6 Å². The van der Waals surface area contributed by atoms with E-state index in [9.17, 15) is 18.4 Å². The summed E-state index contributed by atoms with van der Waals surface area (Å²) in [6.45, 7) is 8.56. The van der Waals surface area contributed by atoms with Crippen LogP contribution >= 0.6 is 0 Å². The predicted molar refractivity (Wildman–Crippen MR) is 102 cm³/mol. The molecule has 0 aromatic heterocycles. The first-order valence-electron chi connectivity index (χ1n) is 9.41. The summed E-state index contributed by atoms with van der Waals surface area (Å²) in [5.41, 5.74) is 0.130. The first-order chi connectivity index (χ1) is 12.7. The minimum atomic E-state index is -0.730. The molecule has 1 N–H and O–H groups in total. The molecule has 1 aromatic rings. The molecule has 2 atom stereocenters. The summed E-state index contributed by atoms with van der Waals surface area (Å²) in [5.74, 6) is -1.25. The van der Waals surface area contributed by atoms with E-state index in [1.165, 1.54) is 18.2 Å². The second kappa shape index (κ2) is 9.11. The number of benzene rings is 1. The van der Waals surface area contributed by atoms with Crippen molar-refractivity contribution in [3.05, 3.63) is 41.5 Å². The molecule has 1 heterocycles. The van der Waals surface area contributed by atoms with E-state index < -0.39 is 17.7 Å². The fourth-order valence-corrected chi connectivity index (χ4v) is 3.37. The number of amides is 2. The summed E-state index contributed by atoms with van der Waals surface area (Å²) in [6.07, 6.45) is 3.92. The monoisotopic (exact) mass is 378 g/mol. The van der Waals surface area contributed by atoms with Gasteiger partial charge in [0.05, 0.1) is 0 Å². The Balaban J connectivity index is 2.20. The van der Waals surface area contributed by atoms with Crippen LogP contribution in [0.25, 0.3) is 6.08 Å². The van der Waals surface area contributed by atoms with E-state index in [1.54, 1.807) is 4.90 Å². The Morgan fingerprint density at radius 1 is 1.22 bits per heavy atom. The van der Waals surface area contributed by atoms with Gasteiger partial charge in [-0.25, -0.2) is 8.78 Å². The van der Waals surface area contributed by atoms with Crippen LogP contribution in [-0.2, 0) is 9.59 Å². The van der Waals surface area contributed by atoms with Crippen molar-refractivity contribution in [1.82, 2.24) is 10.2 Å². The molecule has 0 bridgehead atoms. The lowest BCUT2D eigenvalue weighted by Crippen LogP contribution is -2.61. The number of nitrogens with one attached hydrogen (secondary N) is 1. The maximum absolute atomic E-state index is 13.8. The molecular weight excluding hydrogens is 350 g/mol. The Kier molecular flexibility index (Phi) is 7.11. The molecule has 0 radical (unpaired) electrons. The van der Waals surface area contributed by atoms with E-state index in [4.69, 9.17) is 0 Å². The Bertz CT molecular complexity index is 716. The average Bonchev–Trinajstić information content (AvgIpc) is 2.55. The SMILES string of the molecule is CC(C)C[C@H]1CN(C(=O)/C=C/c2ccc(F)cc2F)[C@@H](CC(C)C)C(=O)N1. The molecule has 1 saturated heterocycles. The summed E-state index contributed by atoms with van der Waals surface area (Å²) in [4.78, 5) is 26.9. The molecule has 1 fully saturated rings. The van der Waals surface area contributed by atoms with Gasteiger partial charge in [0, 0.05) is 30.3 Å². The van der Waals surface area contributed by atoms with Crippen molar-refractivity contribution in [2.24, 2.45) is 11.8 Å². The number of carbonyl (C=O) groups excluding carboxylic acids is 2. The highest BCUT2D eigenvalue weighted by Gasteiger charge is 2.36. The summed E-state index contributed by atoms with van der Waals surface area (Å²) in [5, 5.41) is 3.02. The molecule has 1 aliphatic heterocycles. The van der Waals surface area contributed by atoms with Crippen molar-refractivity contribution in [2.75, 3.05) is 6.54 Å². The number of nitrogens with zero attached hydrogens (tertiary/aromatic N) is 1. The van der Waals surface area contributed by atoms with E-state index in [-0.39, 0.29) is 29.3 Å². The minimum absolute atomic E-state index is 0.0965. The van der Waals surface area contributed by atoms with Crippen LogP contribution in [0.3, 0.4) is 0 Å². The van der Waals surface area contributed by atoms with Gasteiger partial charge in [0.25, 0.3) is 0 Å². The normalized spacial score (nSPS) is 20.6. The molecule has 1 aliphatic rings. The molecule has 27 heavy (non-hydrogen) atoms. The predicted octanol–water partition coefficient (Wildman–Crippen LogP) is 3.77. The van der Waals surface area contributed by atoms with Gasteiger partial charge in [0.1, 0.15) is 17.7 Å². The largest absolute Gasteiger partial charge is 0.350 e. The number of halogens is 2. The fraction of sp³-hybridized carbons (Fsp3) is 0.524. The molecule has 6 heteroatoms. The van der Waals surface area contributed by atoms with E-state index in [1.807, 2.05) is 13.8 Å². The number of hydrogen-bond donors (Lipinski definition) is 1. The number of carbonyl (C=O) groups is 2. The summed E-state index contributed by atoms with van der Waals surface area (Å²) in [7, 11) is 0. The fourth-order valence-electron chi connectivity index (χ4n) is 3.37. The lowest BCUT2D eigenvalue weighted by Gasteiger charge is -2.40. The molecule has 4 nitrogen and oxygen atoms in total. The quantitative estimate of drug-likeness (QED) is 0.766. The standard InChI is InChI=1S/C21H28F2N2O2/c1-13(2)9-17-12-25(19(10-14(3)4)21(27)24-17)20(26)8-6-15-5-7-16(22)11-18(15)23/h5-8,11,13-14,17,19H,9-10,12H2,1-4H3,(H,24,27)/b8-6+/t17-,19-/m0/s1. The van der Waals surface area contributed by atoms with Crippen LogP contribution < -0.4 is 5.32 Å². The third kappa shape index (κ3) is 5.88. The summed E-state index contributed by atoms with van der Waals surface area (Å²) < 4.78 is 26.8. The molecule has 1 aromatic carbocycles. The topological polar surface area (TPSA) is 49.4 Å². The van der Waals surface area contributed by atoms with Crippen LogP contribution in [0, 0.1) is 23.5 Å². The molecule has 0 saturated carbocycles. The van der Waals surface area contributed by atoms with Crippen molar-refractivity contribution >= 4 is 17.9 Å². The second-order valence-electron chi connectivity index (χ2n) is 7.97. The van der Waals surface area contributed by atoms with E-state index >= 15 is 0 Å². The Hall–Kier alpha value is -2.24. The lowest BCUT2D eigenvalue weighted by molar-refractivity contribution is -0.142. The van der Waals surface area contributed by atoms with Crippen molar-refractivity contribution in [3.63, 3.8) is 0 Å². The molecule has 0 unspecified atom stereocenters. The van der Waals surface area contributed by atoms with Crippen molar-refractivity contribution < 1.29 is 18.4 Å². The van der Waals surface area contributed by atoms with Gasteiger partial charge in [-0.05, 0) is 42.9 Å². The zero-order valence-electron chi connectivity index (χ0n) is 16.3. The molecule has 0 spiro atoms. The summed E-state index contributed by atoms with van der Waals surface area (Å²) in [6, 6.07) is 2.56. The van der Waals surface area contributed by atoms with E-state index in [2.05, 4.69) is 19.2 Å². The maximum atomic E-state index is 13.8. The third-order valence-electron chi connectivity index (χ3n) is 4.54. The van der Waals surface area contributed by atoms with Crippen molar-refractivity contribution in [3.8, 4) is 0 Å². The first-order valence-corrected chi connectivity index (χ1v) is 9.41. The minimum Gasteiger partial charge on any atom is -0.350 e. The zero-order chi connectivity index (χ0) is 20.1. The van der Waals surface area contributed by atoms with Gasteiger partial charge >= 0.3 is 0 Å². The highest BCUT2D eigenvalue weighted by molar-refractivity contribution is 5.96. The third-order valence-corrected chi connectivity index (χ3v) is 4.54. The molecule has 0 aliphatic carbocycles. The van der Waals surface area contributed by atoms with Crippen LogP contribution in [0.1, 0.15) is 46.1 Å². The highest BCUT2D eigenvalue weighted by atomic mass is 19.1. The van der Waals surface area contributed by atoms with Crippen LogP contribution in [0.2, 0.25) is 0 Å². The first kappa shape index (κ1) is 21.1. The smallest absolute Gasteiger partial charge is 0.247 e. The van der Waals surface area contributed by atoms with Gasteiger partial charge in [0.2, 0.25) is 11.8 Å². The Morgan fingerprint density at radius 3 is 2.48 bits per heavy atom. The van der Waals surface area contributed by atoms with Gasteiger partial charge in [-0.15, -0.1) is 0 Å². The maximum Gasteiger partial charge on any atom is 0.247 e. The van der Waals surface area contributed by atoms with Gasteiger partial charge in [-0.2, -0.15) is 0 Å². The Morgan fingerprint density at radius 2 is 1.89 bits per heavy atom. The van der Waals surface area contributed by atoms with E-state index in [0.29, 0.717) is 18.9 Å². The van der Waals surface area contributed by atoms with Crippen molar-refractivity contribution in [1.29, 1.82) is 0 Å². The van der Waals surface area contributed by atoms with Gasteiger partial charge in [-0.1, -0.05) is 27.7 Å². The number of rotatable bonds is 6. The molecule has 2 amide bonds. The van der Waals surface area contributed by atoms with Gasteiger partial charge < -0.3 is 10.2 Å². The second-order valence-corrected chi connectivity index (χ2v) is 7.97. The summed E-state index contributed by atoms with van der Waals surface area (Å²) >= 11 is 0. The number of hydrogen-bond acceptors (Lipinski definition) is 2. The zero-order valence-corrected chi connectivity index (χ0v) is 16.3.